The lowest BCUT2D eigenvalue weighted by molar-refractivity contribution is -0.124. The molecule has 2 aromatic heterocycles. The molecule has 34 heavy (non-hydrogen) atoms. The Bertz CT molecular complexity index is 1310. The first-order chi connectivity index (χ1) is 16.5. The molecule has 0 spiro atoms. The van der Waals surface area contributed by atoms with Crippen LogP contribution in [0.15, 0.2) is 85.3 Å². The van der Waals surface area contributed by atoms with Crippen molar-refractivity contribution in [2.75, 3.05) is 12.4 Å². The predicted octanol–water partition coefficient (Wildman–Crippen LogP) is 3.15. The van der Waals surface area contributed by atoms with Crippen molar-refractivity contribution in [3.8, 4) is 0 Å². The summed E-state index contributed by atoms with van der Waals surface area (Å²) < 4.78 is 1.61. The number of hydrogen-bond donors (Lipinski definition) is 3. The van der Waals surface area contributed by atoms with E-state index in [0.717, 1.165) is 27.6 Å². The molecule has 8 heteroatoms. The number of fused-ring (bicyclic) bond motifs is 1. The van der Waals surface area contributed by atoms with Gasteiger partial charge in [-0.2, -0.15) is 0 Å². The van der Waals surface area contributed by atoms with Crippen LogP contribution in [-0.4, -0.2) is 38.1 Å². The smallest absolute Gasteiger partial charge is 0.267 e. The zero-order chi connectivity index (χ0) is 23.9. The summed E-state index contributed by atoms with van der Waals surface area (Å²) in [5, 5.41) is 9.66. The Morgan fingerprint density at radius 3 is 2.62 bits per heavy atom. The Labute approximate surface area is 196 Å². The van der Waals surface area contributed by atoms with Gasteiger partial charge >= 0.3 is 0 Å². The minimum Gasteiger partial charge on any atom is -0.339 e. The van der Waals surface area contributed by atoms with Crippen molar-refractivity contribution in [3.05, 3.63) is 108 Å². The second kappa shape index (κ2) is 10.5. The van der Waals surface area contributed by atoms with Gasteiger partial charge in [-0.25, -0.2) is 5.48 Å². The van der Waals surface area contributed by atoms with Gasteiger partial charge in [-0.3, -0.25) is 24.5 Å². The molecule has 0 radical (unpaired) electrons. The number of para-hydroxylation sites is 1. The van der Waals surface area contributed by atoms with Gasteiger partial charge in [0.2, 0.25) is 0 Å². The first kappa shape index (κ1) is 22.8. The molecule has 172 valence electrons. The molecule has 4 aromatic rings. The molecule has 0 saturated carbocycles. The molecule has 0 fully saturated rings. The number of carbonyl (C=O) groups is 2. The van der Waals surface area contributed by atoms with Crippen molar-refractivity contribution in [2.24, 2.45) is 0 Å². The molecule has 2 amide bonds. The highest BCUT2D eigenvalue weighted by atomic mass is 16.5. The van der Waals surface area contributed by atoms with Gasteiger partial charge < -0.3 is 10.7 Å². The molecule has 8 nitrogen and oxygen atoms in total. The van der Waals surface area contributed by atoms with Gasteiger partial charge in [0.05, 0.1) is 11.1 Å². The van der Waals surface area contributed by atoms with Crippen LogP contribution in [0, 0.1) is 0 Å². The van der Waals surface area contributed by atoms with Crippen LogP contribution < -0.4 is 11.3 Å². The van der Waals surface area contributed by atoms with Crippen molar-refractivity contribution in [1.82, 2.24) is 20.0 Å². The fraction of sp³-hybridized carbons (Fsp3) is 0.115. The van der Waals surface area contributed by atoms with Crippen molar-refractivity contribution >= 4 is 28.8 Å². The van der Waals surface area contributed by atoms with Crippen molar-refractivity contribution in [3.63, 3.8) is 0 Å². The number of benzene rings is 2. The quantitative estimate of drug-likeness (QED) is 0.163. The summed E-state index contributed by atoms with van der Waals surface area (Å²) in [5.41, 5.74) is 5.85. The van der Waals surface area contributed by atoms with Crippen LogP contribution in [0.2, 0.25) is 0 Å². The van der Waals surface area contributed by atoms with E-state index in [4.69, 9.17) is 11.0 Å². The van der Waals surface area contributed by atoms with E-state index in [1.54, 1.807) is 45.7 Å². The number of carbonyl (C=O) groups excluding carboxylic acids is 2. The molecule has 0 bridgehead atoms. The third kappa shape index (κ3) is 5.31. The van der Waals surface area contributed by atoms with E-state index in [1.165, 1.54) is 6.08 Å². The third-order valence-corrected chi connectivity index (χ3v) is 5.56. The van der Waals surface area contributed by atoms with Gasteiger partial charge in [0, 0.05) is 43.1 Å². The average Bonchev–Trinajstić information content (AvgIpc) is 3.21. The summed E-state index contributed by atoms with van der Waals surface area (Å²) >= 11 is 0. The van der Waals surface area contributed by atoms with Crippen LogP contribution in [-0.2, 0) is 17.8 Å². The molecule has 4 rings (SSSR count). The lowest BCUT2D eigenvalue weighted by Gasteiger charge is -2.23. The van der Waals surface area contributed by atoms with E-state index in [2.05, 4.69) is 4.98 Å². The second-order valence-corrected chi connectivity index (χ2v) is 7.85. The summed E-state index contributed by atoms with van der Waals surface area (Å²) in [6.45, 7) is 0.913. The van der Waals surface area contributed by atoms with Crippen LogP contribution >= 0.6 is 0 Å². The molecule has 0 saturated heterocycles. The largest absolute Gasteiger partial charge is 0.339 e. The zero-order valence-electron chi connectivity index (χ0n) is 18.5. The van der Waals surface area contributed by atoms with Crippen LogP contribution in [0.1, 0.15) is 27.0 Å². The van der Waals surface area contributed by atoms with Crippen molar-refractivity contribution in [1.29, 1.82) is 0 Å². The highest BCUT2D eigenvalue weighted by Gasteiger charge is 2.17. The molecule has 0 aliphatic carbocycles. The normalized spacial score (nSPS) is 11.1. The van der Waals surface area contributed by atoms with E-state index >= 15 is 0 Å². The van der Waals surface area contributed by atoms with Gasteiger partial charge in [-0.05, 0) is 47.4 Å². The Kier molecular flexibility index (Phi) is 7.00. The fourth-order valence-electron chi connectivity index (χ4n) is 3.82. The van der Waals surface area contributed by atoms with Gasteiger partial charge in [-0.15, -0.1) is 0 Å². The summed E-state index contributed by atoms with van der Waals surface area (Å²) in [7, 11) is 0. The van der Waals surface area contributed by atoms with Crippen LogP contribution in [0.25, 0.3) is 17.0 Å². The first-order valence-corrected chi connectivity index (χ1v) is 10.8. The number of aromatic nitrogens is 2. The van der Waals surface area contributed by atoms with Crippen LogP contribution in [0.4, 0.5) is 0 Å². The Balaban J connectivity index is 1.54. The number of nitrogens with two attached hydrogens (primary N) is 1. The van der Waals surface area contributed by atoms with Gasteiger partial charge in [0.1, 0.15) is 0 Å². The SMILES string of the molecule is Nn1cc(CCN(Cc2ccc(/C=C/C(=O)NO)cc2)C(=O)c2cccnc2)c2ccccc21. The topological polar surface area (TPSA) is 113 Å². The Hall–Kier alpha value is -4.43. The number of pyridine rings is 1. The molecular weight excluding hydrogens is 430 g/mol. The third-order valence-electron chi connectivity index (χ3n) is 5.56. The number of hydroxylamine groups is 1. The van der Waals surface area contributed by atoms with Gasteiger partial charge in [-0.1, -0.05) is 42.5 Å². The second-order valence-electron chi connectivity index (χ2n) is 7.85. The number of nitrogens with one attached hydrogen (secondary N) is 1. The Morgan fingerprint density at radius 2 is 1.88 bits per heavy atom. The fourth-order valence-corrected chi connectivity index (χ4v) is 3.82. The maximum atomic E-state index is 13.3. The number of hydrogen-bond acceptors (Lipinski definition) is 5. The van der Waals surface area contributed by atoms with Gasteiger partial charge in [0.15, 0.2) is 0 Å². The number of rotatable bonds is 8. The highest BCUT2D eigenvalue weighted by Crippen LogP contribution is 2.21. The zero-order valence-corrected chi connectivity index (χ0v) is 18.5. The summed E-state index contributed by atoms with van der Waals surface area (Å²) in [6.07, 6.45) is 8.59. The number of nitrogen functional groups attached to an aromatic ring is 1. The maximum absolute atomic E-state index is 13.3. The molecule has 4 N–H and O–H groups in total. The van der Waals surface area contributed by atoms with Gasteiger partial charge in [0.25, 0.3) is 11.8 Å². The highest BCUT2D eigenvalue weighted by molar-refractivity contribution is 5.94. The lowest BCUT2D eigenvalue weighted by Crippen LogP contribution is -2.32. The van der Waals surface area contributed by atoms with E-state index in [-0.39, 0.29) is 5.91 Å². The average molecular weight is 456 g/mol. The van der Waals surface area contributed by atoms with Crippen LogP contribution in [0.5, 0.6) is 0 Å². The Morgan fingerprint density at radius 1 is 1.09 bits per heavy atom. The minimum atomic E-state index is -0.601. The number of amides is 2. The standard InChI is InChI=1S/C26H25N5O3/c27-31-18-22(23-5-1-2-6-24(23)31)13-15-30(26(33)21-4-3-14-28-16-21)17-20-9-7-19(8-10-20)11-12-25(32)29-34/h1-12,14,16,18,34H,13,15,17,27H2,(H,29,32)/b12-11+. The molecule has 0 aliphatic heterocycles. The summed E-state index contributed by atoms with van der Waals surface area (Å²) in [4.78, 5) is 30.3. The maximum Gasteiger partial charge on any atom is 0.267 e. The van der Waals surface area contributed by atoms with Crippen molar-refractivity contribution < 1.29 is 14.8 Å². The molecular formula is C26H25N5O3. The molecule has 0 unspecified atom stereocenters. The molecule has 0 aliphatic rings. The molecule has 2 aromatic carbocycles. The van der Waals surface area contributed by atoms with E-state index in [1.807, 2.05) is 54.7 Å². The first-order valence-electron chi connectivity index (χ1n) is 10.8. The van der Waals surface area contributed by atoms with E-state index in [0.29, 0.717) is 25.1 Å². The molecule has 2 heterocycles. The number of nitrogens with zero attached hydrogens (tertiary/aromatic N) is 3. The lowest BCUT2D eigenvalue weighted by atomic mass is 10.1. The summed E-state index contributed by atoms with van der Waals surface area (Å²) in [6, 6.07) is 19.0. The van der Waals surface area contributed by atoms with Crippen LogP contribution in [0.3, 0.4) is 0 Å². The monoisotopic (exact) mass is 455 g/mol. The summed E-state index contributed by atoms with van der Waals surface area (Å²) in [5.74, 6) is 5.40. The minimum absolute atomic E-state index is 0.104. The van der Waals surface area contributed by atoms with E-state index < -0.39 is 5.91 Å². The predicted molar refractivity (Wildman–Crippen MR) is 130 cm³/mol. The molecule has 0 atom stereocenters. The van der Waals surface area contributed by atoms with E-state index in [9.17, 15) is 9.59 Å². The van der Waals surface area contributed by atoms with Crippen molar-refractivity contribution in [2.45, 2.75) is 13.0 Å².